The third-order valence-electron chi connectivity index (χ3n) is 3.27. The molecule has 1 fully saturated rings. The zero-order chi connectivity index (χ0) is 13.5. The van der Waals surface area contributed by atoms with Crippen molar-refractivity contribution >= 4 is 11.8 Å². The molecule has 0 aromatic heterocycles. The lowest BCUT2D eigenvalue weighted by atomic mass is 9.97. The highest BCUT2D eigenvalue weighted by atomic mass is 16.2. The molecule has 0 aromatic carbocycles. The number of carbonyl (C=O) groups excluding carboxylic acids is 2. The highest BCUT2D eigenvalue weighted by Crippen LogP contribution is 2.14. The van der Waals surface area contributed by atoms with E-state index in [1.165, 1.54) is 0 Å². The van der Waals surface area contributed by atoms with Crippen molar-refractivity contribution in [2.75, 3.05) is 33.2 Å². The van der Waals surface area contributed by atoms with Crippen molar-refractivity contribution in [3.05, 3.63) is 0 Å². The molecule has 5 nitrogen and oxygen atoms in total. The fraction of sp³-hybridized carbons (Fsp3) is 0.846. The number of nitrogens with one attached hydrogen (secondary N) is 2. The summed E-state index contributed by atoms with van der Waals surface area (Å²) in [4.78, 5) is 25.3. The van der Waals surface area contributed by atoms with Gasteiger partial charge in [0.25, 0.3) is 0 Å². The quantitative estimate of drug-likeness (QED) is 0.706. The Kier molecular flexibility index (Phi) is 6.12. The molecule has 2 amide bonds. The minimum Gasteiger partial charge on any atom is -0.348 e. The van der Waals surface area contributed by atoms with E-state index < -0.39 is 11.8 Å². The predicted molar refractivity (Wildman–Crippen MR) is 71.1 cm³/mol. The summed E-state index contributed by atoms with van der Waals surface area (Å²) in [6.45, 7) is 7.29. The van der Waals surface area contributed by atoms with Crippen LogP contribution in [-0.4, -0.2) is 49.9 Å². The average Bonchev–Trinajstić information content (AvgIpc) is 2.34. The van der Waals surface area contributed by atoms with Crippen molar-refractivity contribution in [2.45, 2.75) is 26.7 Å². The van der Waals surface area contributed by atoms with Crippen molar-refractivity contribution in [1.82, 2.24) is 15.5 Å². The highest BCUT2D eigenvalue weighted by Gasteiger charge is 2.19. The minimum atomic E-state index is -0.517. The first-order chi connectivity index (χ1) is 8.49. The van der Waals surface area contributed by atoms with Crippen LogP contribution in [0.4, 0.5) is 0 Å². The van der Waals surface area contributed by atoms with Gasteiger partial charge < -0.3 is 15.5 Å². The van der Waals surface area contributed by atoms with Crippen LogP contribution in [-0.2, 0) is 9.59 Å². The molecule has 0 aromatic rings. The number of amides is 2. The zero-order valence-corrected chi connectivity index (χ0v) is 11.7. The number of piperidine rings is 1. The summed E-state index contributed by atoms with van der Waals surface area (Å²) < 4.78 is 0. The summed E-state index contributed by atoms with van der Waals surface area (Å²) in [5.74, 6) is -0.162. The van der Waals surface area contributed by atoms with Gasteiger partial charge in [0.05, 0.1) is 0 Å². The van der Waals surface area contributed by atoms with Crippen LogP contribution in [0.15, 0.2) is 0 Å². The molecule has 0 bridgehead atoms. The van der Waals surface area contributed by atoms with E-state index in [0.29, 0.717) is 24.9 Å². The van der Waals surface area contributed by atoms with Gasteiger partial charge in [-0.2, -0.15) is 0 Å². The van der Waals surface area contributed by atoms with Gasteiger partial charge in [-0.3, -0.25) is 9.59 Å². The van der Waals surface area contributed by atoms with E-state index in [0.717, 1.165) is 25.9 Å². The first-order valence-electron chi connectivity index (χ1n) is 6.73. The van der Waals surface area contributed by atoms with Gasteiger partial charge in [-0.1, -0.05) is 13.8 Å². The van der Waals surface area contributed by atoms with Crippen LogP contribution in [0, 0.1) is 11.8 Å². The Bertz CT molecular complexity index is 284. The fourth-order valence-electron chi connectivity index (χ4n) is 1.96. The van der Waals surface area contributed by atoms with Crippen LogP contribution in [0.5, 0.6) is 0 Å². The van der Waals surface area contributed by atoms with Gasteiger partial charge in [-0.25, -0.2) is 0 Å². The van der Waals surface area contributed by atoms with Crippen LogP contribution >= 0.6 is 0 Å². The maximum Gasteiger partial charge on any atom is 0.309 e. The molecule has 0 radical (unpaired) electrons. The van der Waals surface area contributed by atoms with Crippen LogP contribution in [0.1, 0.15) is 26.7 Å². The van der Waals surface area contributed by atoms with Gasteiger partial charge in [0.1, 0.15) is 0 Å². The molecule has 0 unspecified atom stereocenters. The Morgan fingerprint density at radius 1 is 1.17 bits per heavy atom. The molecule has 18 heavy (non-hydrogen) atoms. The van der Waals surface area contributed by atoms with Gasteiger partial charge >= 0.3 is 11.8 Å². The Balaban J connectivity index is 2.18. The van der Waals surface area contributed by atoms with E-state index in [-0.39, 0.29) is 0 Å². The smallest absolute Gasteiger partial charge is 0.309 e. The first-order valence-corrected chi connectivity index (χ1v) is 6.73. The number of likely N-dealkylation sites (tertiary alicyclic amines) is 1. The van der Waals surface area contributed by atoms with Crippen LogP contribution in [0.2, 0.25) is 0 Å². The molecular formula is C13H25N3O2. The lowest BCUT2D eigenvalue weighted by Crippen LogP contribution is -2.44. The number of rotatable bonds is 4. The summed E-state index contributed by atoms with van der Waals surface area (Å²) in [6.07, 6.45) is 2.18. The van der Waals surface area contributed by atoms with E-state index in [9.17, 15) is 9.59 Å². The molecule has 0 atom stereocenters. The standard InChI is InChI=1S/C13H25N3O2/c1-10(2)8-14-12(17)13(18)15-9-11-4-6-16(3)7-5-11/h10-11H,4-9H2,1-3H3,(H,14,17)(H,15,18). The van der Waals surface area contributed by atoms with Gasteiger partial charge in [0.2, 0.25) is 0 Å². The van der Waals surface area contributed by atoms with Crippen molar-refractivity contribution in [3.63, 3.8) is 0 Å². The lowest BCUT2D eigenvalue weighted by molar-refractivity contribution is -0.139. The maximum absolute atomic E-state index is 11.5. The normalized spacial score (nSPS) is 17.8. The Morgan fingerprint density at radius 3 is 2.28 bits per heavy atom. The van der Waals surface area contributed by atoms with E-state index in [1.54, 1.807) is 0 Å². The molecule has 1 heterocycles. The van der Waals surface area contributed by atoms with Crippen molar-refractivity contribution < 1.29 is 9.59 Å². The predicted octanol–water partition coefficient (Wildman–Crippen LogP) is 0.217. The number of carbonyl (C=O) groups is 2. The zero-order valence-electron chi connectivity index (χ0n) is 11.7. The van der Waals surface area contributed by atoms with E-state index in [2.05, 4.69) is 22.6 Å². The second kappa shape index (κ2) is 7.36. The Hall–Kier alpha value is -1.10. The van der Waals surface area contributed by atoms with Crippen LogP contribution in [0.3, 0.4) is 0 Å². The van der Waals surface area contributed by atoms with E-state index >= 15 is 0 Å². The second-order valence-electron chi connectivity index (χ2n) is 5.56. The monoisotopic (exact) mass is 255 g/mol. The van der Waals surface area contributed by atoms with Gasteiger partial charge in [-0.05, 0) is 44.8 Å². The average molecular weight is 255 g/mol. The molecule has 0 spiro atoms. The maximum atomic E-state index is 11.5. The lowest BCUT2D eigenvalue weighted by Gasteiger charge is -2.28. The van der Waals surface area contributed by atoms with Gasteiger partial charge in [-0.15, -0.1) is 0 Å². The summed E-state index contributed by atoms with van der Waals surface area (Å²) >= 11 is 0. The molecule has 0 aliphatic carbocycles. The topological polar surface area (TPSA) is 61.4 Å². The van der Waals surface area contributed by atoms with Gasteiger partial charge in [0.15, 0.2) is 0 Å². The molecule has 104 valence electrons. The first kappa shape index (κ1) is 15.0. The van der Waals surface area contributed by atoms with E-state index in [1.807, 2.05) is 13.8 Å². The number of nitrogens with zero attached hydrogens (tertiary/aromatic N) is 1. The summed E-state index contributed by atoms with van der Waals surface area (Å²) in [5, 5.41) is 5.34. The molecule has 2 N–H and O–H groups in total. The molecule has 5 heteroatoms. The Morgan fingerprint density at radius 2 is 1.72 bits per heavy atom. The summed E-state index contributed by atoms with van der Waals surface area (Å²) in [7, 11) is 2.11. The molecule has 0 saturated carbocycles. The van der Waals surface area contributed by atoms with Crippen molar-refractivity contribution in [2.24, 2.45) is 11.8 Å². The van der Waals surface area contributed by atoms with Crippen LogP contribution in [0.25, 0.3) is 0 Å². The van der Waals surface area contributed by atoms with Crippen LogP contribution < -0.4 is 10.6 Å². The SMILES string of the molecule is CC(C)CNC(=O)C(=O)NCC1CCN(C)CC1. The number of hydrogen-bond acceptors (Lipinski definition) is 3. The minimum absolute atomic E-state index is 0.357. The molecule has 1 aliphatic heterocycles. The van der Waals surface area contributed by atoms with E-state index in [4.69, 9.17) is 0 Å². The fourth-order valence-corrected chi connectivity index (χ4v) is 1.96. The van der Waals surface area contributed by atoms with Crippen molar-refractivity contribution in [1.29, 1.82) is 0 Å². The second-order valence-corrected chi connectivity index (χ2v) is 5.56. The summed E-state index contributed by atoms with van der Waals surface area (Å²) in [6, 6.07) is 0. The summed E-state index contributed by atoms with van der Waals surface area (Å²) in [5.41, 5.74) is 0. The Labute approximate surface area is 109 Å². The largest absolute Gasteiger partial charge is 0.348 e. The molecule has 1 aliphatic rings. The van der Waals surface area contributed by atoms with Gasteiger partial charge in [0, 0.05) is 13.1 Å². The molecular weight excluding hydrogens is 230 g/mol. The molecule has 1 rings (SSSR count). The number of hydrogen-bond donors (Lipinski definition) is 2. The third kappa shape index (κ3) is 5.49. The van der Waals surface area contributed by atoms with Crippen molar-refractivity contribution in [3.8, 4) is 0 Å². The third-order valence-corrected chi connectivity index (χ3v) is 3.27. The highest BCUT2D eigenvalue weighted by molar-refractivity contribution is 6.35. The molecule has 1 saturated heterocycles.